The lowest BCUT2D eigenvalue weighted by Gasteiger charge is -2.21. The zero-order valence-corrected chi connectivity index (χ0v) is 32.6. The Morgan fingerprint density at radius 1 is 0.596 bits per heavy atom. The number of carbonyl (C=O) groups excluding carboxylic acids is 1. The van der Waals surface area contributed by atoms with E-state index in [1.165, 1.54) is 108 Å². The summed E-state index contributed by atoms with van der Waals surface area (Å²) in [5.74, 6) is -0.490. The van der Waals surface area contributed by atoms with Gasteiger partial charge in [0.05, 0.1) is 4.90 Å². The fourth-order valence-electron chi connectivity index (χ4n) is 7.00. The van der Waals surface area contributed by atoms with Crippen LogP contribution in [0.25, 0.3) is 11.6 Å². The number of Topliss-reactive ketones (excluding diaryl/α,β-unsaturated/α-hetero) is 1. The maximum Gasteiger partial charge on any atom is 0.362 e. The number of ketones is 1. The summed E-state index contributed by atoms with van der Waals surface area (Å²) < 4.78 is 23.1. The summed E-state index contributed by atoms with van der Waals surface area (Å²) in [6.07, 6.45) is 6.81. The SMILES string of the molecule is CS(=O)(=O)c1cccc2c1C=CC(=[N+]=[N-])C2=O.Cc1ccc(Cc2c(C)c(C)cc(Cc3cc(C)c(C)c(Cc4ccc(C)cc4)c3C)c2C)cc1. The van der Waals surface area contributed by atoms with Crippen LogP contribution >= 0.6 is 0 Å². The first-order valence-corrected chi connectivity index (χ1v) is 19.5. The van der Waals surface area contributed by atoms with Crippen LogP contribution in [-0.4, -0.2) is 31.0 Å². The van der Waals surface area contributed by atoms with E-state index in [-0.39, 0.29) is 16.2 Å². The van der Waals surface area contributed by atoms with Crippen LogP contribution < -0.4 is 0 Å². The second-order valence-corrected chi connectivity index (χ2v) is 16.3. The van der Waals surface area contributed by atoms with E-state index in [0.29, 0.717) is 5.56 Å². The summed E-state index contributed by atoms with van der Waals surface area (Å²) in [5, 5.41) is 0. The number of benzene rings is 5. The Labute approximate surface area is 309 Å². The third-order valence-electron chi connectivity index (χ3n) is 10.6. The van der Waals surface area contributed by atoms with Gasteiger partial charge in [-0.3, -0.25) is 4.79 Å². The summed E-state index contributed by atoms with van der Waals surface area (Å²) in [4.78, 5) is 14.7. The van der Waals surface area contributed by atoms with Crippen LogP contribution in [0.3, 0.4) is 0 Å². The van der Waals surface area contributed by atoms with Gasteiger partial charge in [-0.25, -0.2) is 8.42 Å². The highest BCUT2D eigenvalue weighted by Gasteiger charge is 2.28. The Hall–Kier alpha value is -5.16. The zero-order chi connectivity index (χ0) is 37.9. The Morgan fingerprint density at radius 3 is 1.48 bits per heavy atom. The third-order valence-corrected chi connectivity index (χ3v) is 11.7. The number of fused-ring (bicyclic) bond motifs is 1. The van der Waals surface area contributed by atoms with Gasteiger partial charge in [0.15, 0.2) is 9.84 Å². The molecule has 0 unspecified atom stereocenters. The van der Waals surface area contributed by atoms with Crippen molar-refractivity contribution in [2.75, 3.05) is 6.26 Å². The molecule has 0 saturated carbocycles. The number of carbonyl (C=O) groups is 1. The van der Waals surface area contributed by atoms with Gasteiger partial charge in [-0.05, 0) is 154 Å². The fraction of sp³-hybridized carbons (Fsp3) is 0.261. The van der Waals surface area contributed by atoms with Crippen molar-refractivity contribution in [3.05, 3.63) is 179 Å². The van der Waals surface area contributed by atoms with Gasteiger partial charge in [-0.15, -0.1) is 0 Å². The predicted octanol–water partition coefficient (Wildman–Crippen LogP) is 9.90. The van der Waals surface area contributed by atoms with Crippen molar-refractivity contribution in [3.8, 4) is 0 Å². The molecular formula is C46H48N2O3S. The van der Waals surface area contributed by atoms with Crippen molar-refractivity contribution in [3.63, 3.8) is 0 Å². The molecule has 6 heteroatoms. The second-order valence-electron chi connectivity index (χ2n) is 14.3. The first-order chi connectivity index (χ1) is 24.6. The van der Waals surface area contributed by atoms with Crippen LogP contribution in [0.4, 0.5) is 0 Å². The lowest BCUT2D eigenvalue weighted by Crippen LogP contribution is -2.19. The number of aryl methyl sites for hydroxylation is 4. The van der Waals surface area contributed by atoms with Gasteiger partial charge in [-0.1, -0.05) is 83.9 Å². The molecule has 0 amide bonds. The van der Waals surface area contributed by atoms with Crippen LogP contribution in [0, 0.1) is 55.4 Å². The van der Waals surface area contributed by atoms with Gasteiger partial charge in [0, 0.05) is 23.5 Å². The average molecular weight is 709 g/mol. The van der Waals surface area contributed by atoms with E-state index < -0.39 is 15.6 Å². The van der Waals surface area contributed by atoms with E-state index in [0.717, 1.165) is 25.5 Å². The number of nitrogens with zero attached hydrogens (tertiary/aromatic N) is 2. The van der Waals surface area contributed by atoms with Crippen molar-refractivity contribution in [1.29, 1.82) is 0 Å². The normalized spacial score (nSPS) is 12.2. The maximum absolute atomic E-state index is 11.8. The highest BCUT2D eigenvalue weighted by atomic mass is 32.2. The van der Waals surface area contributed by atoms with Gasteiger partial charge in [-0.2, -0.15) is 4.79 Å². The third kappa shape index (κ3) is 8.31. The van der Waals surface area contributed by atoms with Crippen LogP contribution in [0.2, 0.25) is 0 Å². The molecule has 6 rings (SSSR count). The predicted molar refractivity (Wildman–Crippen MR) is 214 cm³/mol. The van der Waals surface area contributed by atoms with E-state index in [1.807, 2.05) is 0 Å². The molecule has 0 spiro atoms. The van der Waals surface area contributed by atoms with Gasteiger partial charge >= 0.3 is 5.71 Å². The first kappa shape index (κ1) is 38.1. The quantitative estimate of drug-likeness (QED) is 0.125. The molecule has 0 saturated heterocycles. The van der Waals surface area contributed by atoms with E-state index in [9.17, 15) is 13.2 Å². The minimum absolute atomic E-state index is 0.0941. The number of allylic oxidation sites excluding steroid dienone is 1. The molecule has 0 aromatic heterocycles. The summed E-state index contributed by atoms with van der Waals surface area (Å²) in [6.45, 7) is 18.1. The number of sulfone groups is 1. The van der Waals surface area contributed by atoms with Gasteiger partial charge in [0.2, 0.25) is 0 Å². The van der Waals surface area contributed by atoms with Crippen molar-refractivity contribution < 1.29 is 18.0 Å². The maximum atomic E-state index is 11.8. The molecule has 5 aromatic rings. The lowest BCUT2D eigenvalue weighted by atomic mass is 9.84. The highest BCUT2D eigenvalue weighted by Crippen LogP contribution is 2.31. The topological polar surface area (TPSA) is 87.6 Å². The molecule has 266 valence electrons. The second kappa shape index (κ2) is 15.6. The van der Waals surface area contributed by atoms with Gasteiger partial charge in [0.1, 0.15) is 0 Å². The molecule has 0 bridgehead atoms. The molecule has 5 nitrogen and oxygen atoms in total. The smallest absolute Gasteiger partial charge is 0.361 e. The average Bonchev–Trinajstić information content (AvgIpc) is 3.11. The fourth-order valence-corrected chi connectivity index (χ4v) is 7.90. The van der Waals surface area contributed by atoms with E-state index in [4.69, 9.17) is 5.53 Å². The van der Waals surface area contributed by atoms with Crippen molar-refractivity contribution in [2.24, 2.45) is 0 Å². The summed E-state index contributed by atoms with van der Waals surface area (Å²) >= 11 is 0. The Bertz CT molecular complexity index is 2270. The molecule has 0 fully saturated rings. The zero-order valence-electron chi connectivity index (χ0n) is 31.8. The molecule has 0 atom stereocenters. The van der Waals surface area contributed by atoms with E-state index >= 15 is 0 Å². The van der Waals surface area contributed by atoms with Crippen LogP contribution in [0.15, 0.2) is 89.8 Å². The molecule has 1 aliphatic rings. The molecule has 0 radical (unpaired) electrons. The first-order valence-electron chi connectivity index (χ1n) is 17.6. The van der Waals surface area contributed by atoms with Gasteiger partial charge < -0.3 is 5.53 Å². The molecule has 52 heavy (non-hydrogen) atoms. The van der Waals surface area contributed by atoms with Crippen molar-refractivity contribution >= 4 is 27.4 Å². The Morgan fingerprint density at radius 2 is 1.06 bits per heavy atom. The number of hydrogen-bond donors (Lipinski definition) is 0. The van der Waals surface area contributed by atoms with Crippen molar-refractivity contribution in [1.82, 2.24) is 0 Å². The van der Waals surface area contributed by atoms with Crippen LogP contribution in [0.1, 0.15) is 93.8 Å². The standard InChI is InChI=1S/C35H40.C11H8N2O3S/c1-22-9-13-30(14-10-22)19-34-26(5)24(3)17-32(28(34)7)21-33-18-25(4)27(6)35(29(33)8)20-31-15-11-23(2)12-16-31;1-17(15,16)10-4-2-3-8-7(10)5-6-9(13-12)11(8)14/h9-18H,19-21H2,1-8H3;2-6H,1H3. The molecule has 0 N–H and O–H groups in total. The Kier molecular flexibility index (Phi) is 11.4. The summed E-state index contributed by atoms with van der Waals surface area (Å²) in [5.41, 5.74) is 29.0. The molecule has 0 heterocycles. The lowest BCUT2D eigenvalue weighted by molar-refractivity contribution is -0.00436. The molecule has 1 aliphatic carbocycles. The molecule has 5 aromatic carbocycles. The number of rotatable bonds is 7. The summed E-state index contributed by atoms with van der Waals surface area (Å²) in [6, 6.07) is 27.3. The largest absolute Gasteiger partial charge is 0.362 e. The van der Waals surface area contributed by atoms with Gasteiger partial charge in [0.25, 0.3) is 5.78 Å². The molecule has 0 aliphatic heterocycles. The minimum Gasteiger partial charge on any atom is -0.361 e. The van der Waals surface area contributed by atoms with E-state index in [1.54, 1.807) is 0 Å². The summed E-state index contributed by atoms with van der Waals surface area (Å²) in [7, 11) is -3.40. The Balaban J connectivity index is 0.000000257. The number of hydrogen-bond acceptors (Lipinski definition) is 3. The van der Waals surface area contributed by atoms with Crippen molar-refractivity contribution in [2.45, 2.75) is 79.5 Å². The van der Waals surface area contributed by atoms with Crippen LogP contribution in [0.5, 0.6) is 0 Å². The highest BCUT2D eigenvalue weighted by molar-refractivity contribution is 7.90. The van der Waals surface area contributed by atoms with Crippen LogP contribution in [-0.2, 0) is 29.1 Å². The monoisotopic (exact) mass is 708 g/mol. The molecular weight excluding hydrogens is 661 g/mol. The minimum atomic E-state index is -3.40. The van der Waals surface area contributed by atoms with E-state index in [2.05, 4.69) is 121 Å².